The molecule has 0 fully saturated rings. The molecule has 0 saturated carbocycles. The third kappa shape index (κ3) is 1.54. The molecule has 3 rings (SSSR count). The van der Waals surface area contributed by atoms with E-state index in [-0.39, 0.29) is 0 Å². The van der Waals surface area contributed by atoms with Crippen LogP contribution in [0.3, 0.4) is 0 Å². The lowest BCUT2D eigenvalue weighted by Gasteiger charge is -2.02. The zero-order valence-electron chi connectivity index (χ0n) is 13.0. The standard InChI is InChI=1S/C16H21N4/c1-10-8-7-9-13-14(10)20(6)15(17-13)16-18(4)11(2)12(3)19(16)5/h7-9H,1-6H3/q+1. The maximum atomic E-state index is 4.84. The van der Waals surface area contributed by atoms with Gasteiger partial charge in [-0.1, -0.05) is 12.1 Å². The van der Waals surface area contributed by atoms with Crippen molar-refractivity contribution in [2.45, 2.75) is 20.8 Å². The molecule has 0 N–H and O–H groups in total. The molecule has 0 saturated heterocycles. The second-order valence-electron chi connectivity index (χ2n) is 5.55. The highest BCUT2D eigenvalue weighted by molar-refractivity contribution is 5.82. The highest BCUT2D eigenvalue weighted by atomic mass is 15.2. The number of aromatic nitrogens is 4. The lowest BCUT2D eigenvalue weighted by molar-refractivity contribution is -0.666. The van der Waals surface area contributed by atoms with Crippen molar-refractivity contribution in [2.24, 2.45) is 21.1 Å². The second-order valence-corrected chi connectivity index (χ2v) is 5.55. The Morgan fingerprint density at radius 1 is 1.05 bits per heavy atom. The maximum absolute atomic E-state index is 4.84. The van der Waals surface area contributed by atoms with Crippen molar-refractivity contribution in [3.8, 4) is 11.6 Å². The van der Waals surface area contributed by atoms with Crippen LogP contribution in [-0.4, -0.2) is 14.1 Å². The quantitative estimate of drug-likeness (QED) is 0.623. The lowest BCUT2D eigenvalue weighted by atomic mass is 10.2. The van der Waals surface area contributed by atoms with Gasteiger partial charge in [0.1, 0.15) is 11.4 Å². The van der Waals surface area contributed by atoms with Gasteiger partial charge in [-0.2, -0.15) is 0 Å². The van der Waals surface area contributed by atoms with Gasteiger partial charge in [-0.15, -0.1) is 0 Å². The van der Waals surface area contributed by atoms with Crippen LogP contribution in [-0.2, 0) is 21.1 Å². The molecule has 2 heterocycles. The van der Waals surface area contributed by atoms with Crippen LogP contribution in [0.1, 0.15) is 17.0 Å². The molecule has 0 radical (unpaired) electrons. The SMILES string of the molecule is Cc1cccc2nc(-c3n(C)c(C)c(C)[n+]3C)n(C)c12. The summed E-state index contributed by atoms with van der Waals surface area (Å²) in [5.41, 5.74) is 6.06. The largest absolute Gasteiger partial charge is 0.325 e. The highest BCUT2D eigenvalue weighted by Gasteiger charge is 2.26. The number of fused-ring (bicyclic) bond motifs is 1. The van der Waals surface area contributed by atoms with E-state index in [1.54, 1.807) is 0 Å². The summed E-state index contributed by atoms with van der Waals surface area (Å²) < 4.78 is 6.62. The van der Waals surface area contributed by atoms with Gasteiger partial charge in [0.05, 0.1) is 25.1 Å². The Labute approximate surface area is 119 Å². The first kappa shape index (κ1) is 12.9. The predicted octanol–water partition coefficient (Wildman–Crippen LogP) is 2.33. The number of aryl methyl sites for hydroxylation is 2. The first-order valence-corrected chi connectivity index (χ1v) is 6.87. The molecule has 0 amide bonds. The van der Waals surface area contributed by atoms with Gasteiger partial charge in [0.25, 0.3) is 0 Å². The van der Waals surface area contributed by atoms with Crippen molar-refractivity contribution < 1.29 is 4.57 Å². The Balaban J connectivity index is 2.40. The summed E-state index contributed by atoms with van der Waals surface area (Å²) in [6.45, 7) is 6.43. The molecule has 0 aliphatic rings. The Morgan fingerprint density at radius 3 is 2.30 bits per heavy atom. The maximum Gasteiger partial charge on any atom is 0.325 e. The number of nitrogens with zero attached hydrogens (tertiary/aromatic N) is 4. The number of benzene rings is 1. The Hall–Kier alpha value is -2.10. The number of hydrogen-bond acceptors (Lipinski definition) is 1. The molecule has 104 valence electrons. The van der Waals surface area contributed by atoms with Crippen molar-refractivity contribution >= 4 is 11.0 Å². The van der Waals surface area contributed by atoms with Gasteiger partial charge < -0.3 is 4.57 Å². The molecule has 4 nitrogen and oxygen atoms in total. The normalized spacial score (nSPS) is 11.5. The number of rotatable bonds is 1. The monoisotopic (exact) mass is 269 g/mol. The highest BCUT2D eigenvalue weighted by Crippen LogP contribution is 2.25. The Morgan fingerprint density at radius 2 is 1.75 bits per heavy atom. The molecule has 0 bridgehead atoms. The first-order chi connectivity index (χ1) is 9.43. The van der Waals surface area contributed by atoms with E-state index in [0.29, 0.717) is 0 Å². The van der Waals surface area contributed by atoms with Crippen molar-refractivity contribution in [3.63, 3.8) is 0 Å². The van der Waals surface area contributed by atoms with Crippen LogP contribution in [0.5, 0.6) is 0 Å². The van der Waals surface area contributed by atoms with Crippen LogP contribution in [0.2, 0.25) is 0 Å². The van der Waals surface area contributed by atoms with Crippen molar-refractivity contribution in [2.75, 3.05) is 0 Å². The van der Waals surface area contributed by atoms with E-state index in [1.807, 2.05) is 0 Å². The summed E-state index contributed by atoms with van der Waals surface area (Å²) in [7, 11) is 6.29. The number of para-hydroxylation sites is 1. The van der Waals surface area contributed by atoms with E-state index in [4.69, 9.17) is 4.98 Å². The number of imidazole rings is 2. The smallest absolute Gasteiger partial charge is 0.320 e. The van der Waals surface area contributed by atoms with Gasteiger partial charge in [-0.3, -0.25) is 0 Å². The van der Waals surface area contributed by atoms with E-state index >= 15 is 0 Å². The second kappa shape index (κ2) is 4.20. The third-order valence-electron chi connectivity index (χ3n) is 4.46. The number of hydrogen-bond donors (Lipinski definition) is 0. The van der Waals surface area contributed by atoms with E-state index in [9.17, 15) is 0 Å². The van der Waals surface area contributed by atoms with Crippen molar-refractivity contribution in [1.29, 1.82) is 0 Å². The summed E-state index contributed by atoms with van der Waals surface area (Å²) in [6, 6.07) is 6.28. The van der Waals surface area contributed by atoms with Gasteiger partial charge in [-0.05, 0) is 18.6 Å². The van der Waals surface area contributed by atoms with Crippen LogP contribution in [0.15, 0.2) is 18.2 Å². The predicted molar refractivity (Wildman–Crippen MR) is 80.5 cm³/mol. The van der Waals surface area contributed by atoms with Crippen molar-refractivity contribution in [3.05, 3.63) is 35.2 Å². The molecule has 20 heavy (non-hydrogen) atoms. The molecule has 2 aromatic heterocycles. The lowest BCUT2D eigenvalue weighted by Crippen LogP contribution is -2.33. The van der Waals surface area contributed by atoms with Gasteiger partial charge in [0.2, 0.25) is 5.82 Å². The molecular weight excluding hydrogens is 248 g/mol. The van der Waals surface area contributed by atoms with Crippen LogP contribution in [0, 0.1) is 20.8 Å². The van der Waals surface area contributed by atoms with Crippen LogP contribution < -0.4 is 4.57 Å². The fourth-order valence-corrected chi connectivity index (χ4v) is 2.99. The van der Waals surface area contributed by atoms with Gasteiger partial charge in [-0.25, -0.2) is 14.1 Å². The van der Waals surface area contributed by atoms with E-state index < -0.39 is 0 Å². The summed E-state index contributed by atoms with van der Waals surface area (Å²) >= 11 is 0. The third-order valence-corrected chi connectivity index (χ3v) is 4.46. The molecule has 0 spiro atoms. The minimum atomic E-state index is 1.01. The topological polar surface area (TPSA) is 26.6 Å². The Bertz CT molecular complexity index is 795. The molecule has 0 atom stereocenters. The van der Waals surface area contributed by atoms with E-state index in [2.05, 4.69) is 73.8 Å². The van der Waals surface area contributed by atoms with E-state index in [1.165, 1.54) is 22.5 Å². The molecule has 3 aromatic rings. The van der Waals surface area contributed by atoms with Gasteiger partial charge >= 0.3 is 5.82 Å². The summed E-state index contributed by atoms with van der Waals surface area (Å²) in [4.78, 5) is 4.84. The average molecular weight is 269 g/mol. The van der Waals surface area contributed by atoms with Crippen LogP contribution in [0.25, 0.3) is 22.7 Å². The molecule has 1 aromatic carbocycles. The summed E-state index contributed by atoms with van der Waals surface area (Å²) in [5, 5.41) is 0. The summed E-state index contributed by atoms with van der Waals surface area (Å²) in [6.07, 6.45) is 0. The van der Waals surface area contributed by atoms with Gasteiger partial charge in [0, 0.05) is 20.9 Å². The average Bonchev–Trinajstić information content (AvgIpc) is 2.83. The fraction of sp³-hybridized carbons (Fsp3) is 0.375. The molecule has 0 aliphatic heterocycles. The molecule has 0 unspecified atom stereocenters. The zero-order chi connectivity index (χ0) is 14.6. The zero-order valence-corrected chi connectivity index (χ0v) is 13.0. The molecular formula is C16H21N4+. The van der Waals surface area contributed by atoms with E-state index in [0.717, 1.165) is 17.2 Å². The minimum absolute atomic E-state index is 1.01. The minimum Gasteiger partial charge on any atom is -0.320 e. The fourth-order valence-electron chi connectivity index (χ4n) is 2.99. The van der Waals surface area contributed by atoms with Gasteiger partial charge in [0.15, 0.2) is 0 Å². The van der Waals surface area contributed by atoms with Crippen molar-refractivity contribution in [1.82, 2.24) is 14.1 Å². The Kier molecular flexibility index (Phi) is 2.71. The first-order valence-electron chi connectivity index (χ1n) is 6.87. The summed E-state index contributed by atoms with van der Waals surface area (Å²) in [5.74, 6) is 2.15. The molecule has 0 aliphatic carbocycles. The van der Waals surface area contributed by atoms with Crippen LogP contribution >= 0.6 is 0 Å². The van der Waals surface area contributed by atoms with Crippen LogP contribution in [0.4, 0.5) is 0 Å². The molecule has 4 heteroatoms.